The van der Waals surface area contributed by atoms with Crippen LogP contribution in [-0.4, -0.2) is 18.1 Å². The second-order valence-corrected chi connectivity index (χ2v) is 5.31. The van der Waals surface area contributed by atoms with Crippen molar-refractivity contribution in [1.82, 2.24) is 5.32 Å². The molecule has 0 aromatic carbocycles. The summed E-state index contributed by atoms with van der Waals surface area (Å²) in [5.41, 5.74) is 5.79. The summed E-state index contributed by atoms with van der Waals surface area (Å²) >= 11 is 0. The van der Waals surface area contributed by atoms with Gasteiger partial charge in [-0.25, -0.2) is 0 Å². The average Bonchev–Trinajstić information content (AvgIpc) is 2.45. The normalized spacial score (nSPS) is 47.8. The Kier molecular flexibility index (Phi) is 3.13. The molecule has 82 valence electrons. The van der Waals surface area contributed by atoms with Crippen LogP contribution in [0, 0.1) is 11.8 Å². The number of rotatable bonds is 3. The Hall–Kier alpha value is -0.0800. The number of nitrogens with two attached hydrogens (primary N) is 1. The zero-order valence-corrected chi connectivity index (χ0v) is 9.50. The van der Waals surface area contributed by atoms with Gasteiger partial charge in [0.15, 0.2) is 0 Å². The smallest absolute Gasteiger partial charge is 0.00992 e. The standard InChI is InChI=1S/C12H24N2/c1-3-9-4-5-12(8(9)2)14-11-6-10(13)7-11/h8-12,14H,3-7,13H2,1-2H3. The summed E-state index contributed by atoms with van der Waals surface area (Å²) in [5.74, 6) is 1.83. The highest BCUT2D eigenvalue weighted by Crippen LogP contribution is 2.35. The van der Waals surface area contributed by atoms with E-state index in [1.807, 2.05) is 0 Å². The Morgan fingerprint density at radius 1 is 1.29 bits per heavy atom. The lowest BCUT2D eigenvalue weighted by atomic mass is 9.85. The molecular formula is C12H24N2. The highest BCUT2D eigenvalue weighted by atomic mass is 15.0. The van der Waals surface area contributed by atoms with E-state index in [2.05, 4.69) is 19.2 Å². The molecule has 2 aliphatic rings. The van der Waals surface area contributed by atoms with Crippen LogP contribution in [0.25, 0.3) is 0 Å². The van der Waals surface area contributed by atoms with Gasteiger partial charge < -0.3 is 11.1 Å². The zero-order valence-electron chi connectivity index (χ0n) is 9.50. The summed E-state index contributed by atoms with van der Waals surface area (Å²) in [4.78, 5) is 0. The van der Waals surface area contributed by atoms with Gasteiger partial charge >= 0.3 is 0 Å². The average molecular weight is 196 g/mol. The third kappa shape index (κ3) is 1.96. The van der Waals surface area contributed by atoms with E-state index in [1.165, 1.54) is 32.1 Å². The zero-order chi connectivity index (χ0) is 10.1. The van der Waals surface area contributed by atoms with Gasteiger partial charge in [-0.1, -0.05) is 20.3 Å². The van der Waals surface area contributed by atoms with Crippen molar-refractivity contribution < 1.29 is 0 Å². The molecule has 0 amide bonds. The molecule has 3 N–H and O–H groups in total. The van der Waals surface area contributed by atoms with Crippen molar-refractivity contribution in [2.45, 2.75) is 64.1 Å². The first-order valence-corrected chi connectivity index (χ1v) is 6.22. The largest absolute Gasteiger partial charge is 0.328 e. The van der Waals surface area contributed by atoms with Gasteiger partial charge in [0.25, 0.3) is 0 Å². The Balaban J connectivity index is 1.76. The molecule has 0 radical (unpaired) electrons. The lowest BCUT2D eigenvalue weighted by Crippen LogP contribution is -2.52. The summed E-state index contributed by atoms with van der Waals surface area (Å²) in [6.45, 7) is 4.74. The predicted octanol–water partition coefficient (Wildman–Crippen LogP) is 1.89. The van der Waals surface area contributed by atoms with Crippen LogP contribution >= 0.6 is 0 Å². The molecule has 0 bridgehead atoms. The SMILES string of the molecule is CCC1CCC(NC2CC(N)C2)C1C. The van der Waals surface area contributed by atoms with E-state index in [1.54, 1.807) is 0 Å². The molecule has 2 aliphatic carbocycles. The first-order chi connectivity index (χ1) is 6.70. The molecular weight excluding hydrogens is 172 g/mol. The lowest BCUT2D eigenvalue weighted by Gasteiger charge is -2.36. The Bertz CT molecular complexity index is 187. The van der Waals surface area contributed by atoms with Crippen LogP contribution in [0.4, 0.5) is 0 Å². The fourth-order valence-corrected chi connectivity index (χ4v) is 3.16. The van der Waals surface area contributed by atoms with Crippen LogP contribution in [0.15, 0.2) is 0 Å². The lowest BCUT2D eigenvalue weighted by molar-refractivity contribution is 0.237. The molecule has 2 rings (SSSR count). The van der Waals surface area contributed by atoms with Crippen molar-refractivity contribution in [3.63, 3.8) is 0 Å². The van der Waals surface area contributed by atoms with E-state index in [0.717, 1.165) is 23.9 Å². The van der Waals surface area contributed by atoms with Gasteiger partial charge in [-0.3, -0.25) is 0 Å². The molecule has 0 spiro atoms. The van der Waals surface area contributed by atoms with Crippen molar-refractivity contribution in [3.05, 3.63) is 0 Å². The molecule has 0 aliphatic heterocycles. The van der Waals surface area contributed by atoms with E-state index in [4.69, 9.17) is 5.73 Å². The minimum Gasteiger partial charge on any atom is -0.328 e. The summed E-state index contributed by atoms with van der Waals surface area (Å²) in [6, 6.07) is 1.98. The monoisotopic (exact) mass is 196 g/mol. The van der Waals surface area contributed by atoms with Gasteiger partial charge in [0, 0.05) is 18.1 Å². The van der Waals surface area contributed by atoms with E-state index in [9.17, 15) is 0 Å². The van der Waals surface area contributed by atoms with Crippen LogP contribution in [-0.2, 0) is 0 Å². The van der Waals surface area contributed by atoms with Gasteiger partial charge in [0.2, 0.25) is 0 Å². The van der Waals surface area contributed by atoms with Crippen molar-refractivity contribution in [2.24, 2.45) is 17.6 Å². The van der Waals surface area contributed by atoms with Crippen LogP contribution in [0.1, 0.15) is 46.0 Å². The molecule has 0 saturated heterocycles. The third-order valence-electron chi connectivity index (χ3n) is 4.38. The van der Waals surface area contributed by atoms with Gasteiger partial charge in [-0.15, -0.1) is 0 Å². The topological polar surface area (TPSA) is 38.0 Å². The predicted molar refractivity (Wildman–Crippen MR) is 60.1 cm³/mol. The molecule has 0 aromatic rings. The van der Waals surface area contributed by atoms with Gasteiger partial charge in [-0.2, -0.15) is 0 Å². The summed E-state index contributed by atoms with van der Waals surface area (Å²) in [5, 5.41) is 3.78. The molecule has 2 nitrogen and oxygen atoms in total. The van der Waals surface area contributed by atoms with Gasteiger partial charge in [0.05, 0.1) is 0 Å². The minimum atomic E-state index is 0.478. The number of hydrogen-bond acceptors (Lipinski definition) is 2. The van der Waals surface area contributed by atoms with E-state index >= 15 is 0 Å². The molecule has 3 unspecified atom stereocenters. The quantitative estimate of drug-likeness (QED) is 0.723. The number of hydrogen-bond donors (Lipinski definition) is 2. The summed E-state index contributed by atoms with van der Waals surface area (Å²) in [6.07, 6.45) is 6.54. The summed E-state index contributed by atoms with van der Waals surface area (Å²) in [7, 11) is 0. The first kappa shape index (κ1) is 10.4. The molecule has 2 heteroatoms. The maximum absolute atomic E-state index is 5.79. The maximum Gasteiger partial charge on any atom is 0.00992 e. The second-order valence-electron chi connectivity index (χ2n) is 5.31. The third-order valence-corrected chi connectivity index (χ3v) is 4.38. The molecule has 0 aromatic heterocycles. The van der Waals surface area contributed by atoms with E-state index in [-0.39, 0.29) is 0 Å². The van der Waals surface area contributed by atoms with Gasteiger partial charge in [-0.05, 0) is 37.5 Å². The maximum atomic E-state index is 5.79. The number of nitrogens with one attached hydrogen (secondary N) is 1. The highest BCUT2D eigenvalue weighted by molar-refractivity contribution is 4.94. The van der Waals surface area contributed by atoms with Crippen LogP contribution in [0.3, 0.4) is 0 Å². The van der Waals surface area contributed by atoms with E-state index < -0.39 is 0 Å². The molecule has 3 atom stereocenters. The van der Waals surface area contributed by atoms with Crippen molar-refractivity contribution in [3.8, 4) is 0 Å². The fourth-order valence-electron chi connectivity index (χ4n) is 3.16. The Morgan fingerprint density at radius 2 is 2.00 bits per heavy atom. The molecule has 2 saturated carbocycles. The van der Waals surface area contributed by atoms with E-state index in [0.29, 0.717) is 6.04 Å². The summed E-state index contributed by atoms with van der Waals surface area (Å²) < 4.78 is 0. The molecule has 14 heavy (non-hydrogen) atoms. The Labute approximate surface area is 87.6 Å². The minimum absolute atomic E-state index is 0.478. The molecule has 0 heterocycles. The van der Waals surface area contributed by atoms with Crippen LogP contribution in [0.5, 0.6) is 0 Å². The fraction of sp³-hybridized carbons (Fsp3) is 1.00. The van der Waals surface area contributed by atoms with Crippen molar-refractivity contribution >= 4 is 0 Å². The van der Waals surface area contributed by atoms with Gasteiger partial charge in [0.1, 0.15) is 0 Å². The van der Waals surface area contributed by atoms with Crippen LogP contribution in [0.2, 0.25) is 0 Å². The van der Waals surface area contributed by atoms with Crippen molar-refractivity contribution in [1.29, 1.82) is 0 Å². The Morgan fingerprint density at radius 3 is 2.50 bits per heavy atom. The van der Waals surface area contributed by atoms with Crippen molar-refractivity contribution in [2.75, 3.05) is 0 Å². The highest BCUT2D eigenvalue weighted by Gasteiger charge is 2.35. The molecule has 2 fully saturated rings. The first-order valence-electron chi connectivity index (χ1n) is 6.22. The van der Waals surface area contributed by atoms with Crippen LogP contribution < -0.4 is 11.1 Å². The second kappa shape index (κ2) is 4.19.